The first-order valence-corrected chi connectivity index (χ1v) is 21.4. The third-order valence-electron chi connectivity index (χ3n) is 11.8. The highest BCUT2D eigenvalue weighted by Crippen LogP contribution is 2.60. The Labute approximate surface area is 295 Å². The average molecular weight is 703 g/mol. The Morgan fingerprint density at radius 1 is 0.920 bits per heavy atom. The van der Waals surface area contributed by atoms with E-state index in [1.54, 1.807) is 14.7 Å². The van der Waals surface area contributed by atoms with Crippen molar-refractivity contribution in [3.05, 3.63) is 53.6 Å². The third-order valence-corrected chi connectivity index (χ3v) is 14.3. The first-order chi connectivity index (χ1) is 23.9. The maximum Gasteiger partial charge on any atom is 0.264 e. The highest BCUT2D eigenvalue weighted by molar-refractivity contribution is 6.71. The van der Waals surface area contributed by atoms with Crippen LogP contribution in [0.4, 0.5) is 17.1 Å². The Kier molecular flexibility index (Phi) is 9.42. The molecule has 50 heavy (non-hydrogen) atoms. The molecule has 0 radical (unpaired) electrons. The molecule has 11 nitrogen and oxygen atoms in total. The van der Waals surface area contributed by atoms with Gasteiger partial charge in [0.05, 0.1) is 37.4 Å². The largest absolute Gasteiger partial charge is 0.432 e. The van der Waals surface area contributed by atoms with Gasteiger partial charge in [-0.2, -0.15) is 0 Å². The van der Waals surface area contributed by atoms with E-state index in [-0.39, 0.29) is 49.2 Å². The molecule has 7 rings (SSSR count). The molecule has 5 atom stereocenters. The van der Waals surface area contributed by atoms with E-state index < -0.39 is 31.5 Å². The molecular weight excluding hydrogens is 653 g/mol. The number of anilines is 3. The quantitative estimate of drug-likeness (QED) is 0.389. The van der Waals surface area contributed by atoms with Gasteiger partial charge in [0.25, 0.3) is 5.91 Å². The maximum absolute atomic E-state index is 15.1. The topological polar surface area (TPSA) is 131 Å². The second kappa shape index (κ2) is 13.5. The Morgan fingerprint density at radius 3 is 2.24 bits per heavy atom. The molecule has 2 aromatic rings. The highest BCUT2D eigenvalue weighted by atomic mass is 28.4. The zero-order chi connectivity index (χ0) is 35.4. The van der Waals surface area contributed by atoms with Gasteiger partial charge >= 0.3 is 0 Å². The summed E-state index contributed by atoms with van der Waals surface area (Å²) in [5, 5.41) is 9.93. The van der Waals surface area contributed by atoms with Crippen molar-refractivity contribution in [1.29, 1.82) is 0 Å². The van der Waals surface area contributed by atoms with Crippen LogP contribution in [0.5, 0.6) is 0 Å². The standard InChI is InChI=1S/C38H50N4O7Si/c1-25-36(50(2,3)48)32(22-35(46)41-19-9-12-29(41)24-43)49-38(25)30-21-28(40-18-7-5-14-34(40)45)15-16-31(30)42(37(38)47)23-26-10-8-11-27(20-26)39-17-6-4-13-33(39)44/h8,10-11,15-16,20-21,25,29,32,36,43,48H,4-7,9,12-14,17-19,22-24H2,1-3H3/t25-,29-,32+,36-,38+/m0/s1. The normalized spacial score (nSPS) is 28.7. The molecule has 12 heteroatoms. The molecule has 0 aliphatic carbocycles. The van der Waals surface area contributed by atoms with Gasteiger partial charge in [-0.1, -0.05) is 19.1 Å². The summed E-state index contributed by atoms with van der Waals surface area (Å²) >= 11 is 0. The van der Waals surface area contributed by atoms with Crippen molar-refractivity contribution in [2.45, 2.75) is 108 Å². The second-order valence-electron chi connectivity index (χ2n) is 15.4. The predicted molar refractivity (Wildman–Crippen MR) is 192 cm³/mol. The summed E-state index contributed by atoms with van der Waals surface area (Å²) in [7, 11) is -3.03. The fourth-order valence-electron chi connectivity index (χ4n) is 9.40. The highest BCUT2D eigenvalue weighted by Gasteiger charge is 2.66. The van der Waals surface area contributed by atoms with Crippen LogP contribution in [0.1, 0.15) is 75.8 Å². The smallest absolute Gasteiger partial charge is 0.264 e. The van der Waals surface area contributed by atoms with E-state index in [0.717, 1.165) is 49.8 Å². The number of amides is 4. The minimum atomic E-state index is -3.03. The number of ether oxygens (including phenoxy) is 1. The van der Waals surface area contributed by atoms with Crippen LogP contribution in [-0.4, -0.2) is 85.1 Å². The van der Waals surface area contributed by atoms with E-state index in [1.165, 1.54) is 0 Å². The fraction of sp³-hybridized carbons (Fsp3) is 0.579. The molecule has 5 aliphatic heterocycles. The van der Waals surface area contributed by atoms with Gasteiger partial charge in [0.2, 0.25) is 17.7 Å². The number of piperidine rings is 2. The molecule has 0 unspecified atom stereocenters. The fourth-order valence-corrected chi connectivity index (χ4v) is 12.0. The SMILES string of the molecule is C[C@H]1[C@H]([Si](C)(C)O)[C@@H](CC(=O)N2CCC[C@H]2CO)O[C@]12C(=O)N(Cc1cccc(N3CCCCC3=O)c1)c1ccc(N3CCCCC3=O)cc12. The van der Waals surface area contributed by atoms with Gasteiger partial charge in [-0.3, -0.25) is 19.2 Å². The Hall–Kier alpha value is -3.58. The molecule has 4 fully saturated rings. The van der Waals surface area contributed by atoms with Gasteiger partial charge in [0.1, 0.15) is 0 Å². The minimum absolute atomic E-state index is 0.00305. The molecule has 2 aromatic carbocycles. The molecule has 0 saturated carbocycles. The molecule has 2 N–H and O–H groups in total. The number of rotatable bonds is 8. The summed E-state index contributed by atoms with van der Waals surface area (Å²) in [6.07, 6.45) is 5.42. The van der Waals surface area contributed by atoms with E-state index in [1.807, 2.05) is 67.4 Å². The number of hydrogen-bond donors (Lipinski definition) is 2. The van der Waals surface area contributed by atoms with Crippen LogP contribution in [0.3, 0.4) is 0 Å². The Balaban J connectivity index is 1.28. The number of aliphatic hydroxyl groups is 1. The lowest BCUT2D eigenvalue weighted by atomic mass is 9.82. The summed E-state index contributed by atoms with van der Waals surface area (Å²) in [5.41, 5.74) is 1.80. The van der Waals surface area contributed by atoms with Crippen molar-refractivity contribution >= 4 is 49.0 Å². The molecule has 5 aliphatic rings. The molecule has 0 bridgehead atoms. The van der Waals surface area contributed by atoms with Gasteiger partial charge in [0, 0.05) is 60.9 Å². The van der Waals surface area contributed by atoms with Crippen LogP contribution >= 0.6 is 0 Å². The summed E-state index contributed by atoms with van der Waals surface area (Å²) < 4.78 is 6.99. The van der Waals surface area contributed by atoms with Gasteiger partial charge in [0.15, 0.2) is 13.9 Å². The molecule has 0 aromatic heterocycles. The van der Waals surface area contributed by atoms with Crippen LogP contribution in [0.25, 0.3) is 0 Å². The number of nitrogens with zero attached hydrogens (tertiary/aromatic N) is 4. The Morgan fingerprint density at radius 2 is 1.60 bits per heavy atom. The number of hydrogen-bond acceptors (Lipinski definition) is 7. The van der Waals surface area contributed by atoms with Crippen molar-refractivity contribution < 1.29 is 33.8 Å². The zero-order valence-electron chi connectivity index (χ0n) is 29.5. The first-order valence-electron chi connectivity index (χ1n) is 18.4. The number of carbonyl (C=O) groups is 4. The average Bonchev–Trinajstić information content (AvgIpc) is 3.75. The molecular formula is C38H50N4O7Si. The molecule has 1 spiro atoms. The first kappa shape index (κ1) is 34.8. The van der Waals surface area contributed by atoms with Crippen molar-refractivity contribution in [1.82, 2.24) is 4.90 Å². The third kappa shape index (κ3) is 5.97. The lowest BCUT2D eigenvalue weighted by Gasteiger charge is -2.33. The number of benzene rings is 2. The van der Waals surface area contributed by atoms with Gasteiger partial charge in [-0.25, -0.2) is 0 Å². The lowest BCUT2D eigenvalue weighted by molar-refractivity contribution is -0.150. The maximum atomic E-state index is 15.1. The van der Waals surface area contributed by atoms with Crippen LogP contribution in [-0.2, 0) is 36.1 Å². The predicted octanol–water partition coefficient (Wildman–Crippen LogP) is 4.44. The molecule has 4 amide bonds. The van der Waals surface area contributed by atoms with Crippen molar-refractivity contribution in [2.24, 2.45) is 5.92 Å². The van der Waals surface area contributed by atoms with E-state index in [2.05, 4.69) is 0 Å². The van der Waals surface area contributed by atoms with Crippen molar-refractivity contribution in [3.8, 4) is 0 Å². The van der Waals surface area contributed by atoms with E-state index in [0.29, 0.717) is 49.4 Å². The second-order valence-corrected chi connectivity index (χ2v) is 19.4. The molecule has 5 heterocycles. The van der Waals surface area contributed by atoms with E-state index in [4.69, 9.17) is 4.74 Å². The van der Waals surface area contributed by atoms with Crippen LogP contribution in [0.2, 0.25) is 18.6 Å². The summed E-state index contributed by atoms with van der Waals surface area (Å²) in [5.74, 6) is -0.720. The molecule has 268 valence electrons. The van der Waals surface area contributed by atoms with Crippen molar-refractivity contribution in [2.75, 3.05) is 40.9 Å². The monoisotopic (exact) mass is 702 g/mol. The van der Waals surface area contributed by atoms with Crippen LogP contribution in [0, 0.1) is 5.92 Å². The van der Waals surface area contributed by atoms with Gasteiger partial charge in [-0.05, 0) is 87.5 Å². The number of likely N-dealkylation sites (tertiary alicyclic amines) is 1. The minimum Gasteiger partial charge on any atom is -0.432 e. The van der Waals surface area contributed by atoms with Crippen LogP contribution in [0.15, 0.2) is 42.5 Å². The van der Waals surface area contributed by atoms with Crippen molar-refractivity contribution in [3.63, 3.8) is 0 Å². The summed E-state index contributed by atoms with van der Waals surface area (Å²) in [6, 6.07) is 13.3. The van der Waals surface area contributed by atoms with Gasteiger partial charge < -0.3 is 34.2 Å². The number of carbonyl (C=O) groups excluding carboxylic acids is 4. The van der Waals surface area contributed by atoms with Crippen LogP contribution < -0.4 is 14.7 Å². The summed E-state index contributed by atoms with van der Waals surface area (Å²) in [4.78, 5) is 73.5. The zero-order valence-corrected chi connectivity index (χ0v) is 30.5. The molecule has 4 saturated heterocycles. The lowest BCUT2D eigenvalue weighted by Crippen LogP contribution is -2.46. The number of fused-ring (bicyclic) bond motifs is 2. The van der Waals surface area contributed by atoms with E-state index in [9.17, 15) is 24.3 Å². The van der Waals surface area contributed by atoms with E-state index >= 15 is 4.79 Å². The number of aliphatic hydroxyl groups excluding tert-OH is 1. The summed E-state index contributed by atoms with van der Waals surface area (Å²) in [6.45, 7) is 7.60. The Bertz CT molecular complexity index is 1680. The van der Waals surface area contributed by atoms with Gasteiger partial charge in [-0.15, -0.1) is 0 Å².